The maximum atomic E-state index is 13.0. The molecule has 0 saturated heterocycles. The van der Waals surface area contributed by atoms with Crippen LogP contribution >= 0.6 is 0 Å². The van der Waals surface area contributed by atoms with Gasteiger partial charge in [0, 0.05) is 13.1 Å². The number of rotatable bonds is 5. The van der Waals surface area contributed by atoms with Crippen LogP contribution in [0.1, 0.15) is 39.7 Å². The Morgan fingerprint density at radius 1 is 1.25 bits per heavy atom. The van der Waals surface area contributed by atoms with Crippen LogP contribution in [0.2, 0.25) is 0 Å². The van der Waals surface area contributed by atoms with Crippen LogP contribution in [-0.2, 0) is 10.2 Å². The highest BCUT2D eigenvalue weighted by atomic mass is 16.2. The van der Waals surface area contributed by atoms with Crippen LogP contribution in [0, 0.1) is 5.92 Å². The predicted molar refractivity (Wildman–Crippen MR) is 83.6 cm³/mol. The fraction of sp³-hybridized carbons (Fsp3) is 0.500. The Morgan fingerprint density at radius 3 is 2.35 bits per heavy atom. The molecule has 1 fully saturated rings. The highest BCUT2D eigenvalue weighted by Crippen LogP contribution is 2.56. The van der Waals surface area contributed by atoms with Gasteiger partial charge < -0.3 is 4.90 Å². The third-order valence-corrected chi connectivity index (χ3v) is 4.27. The molecule has 0 aliphatic heterocycles. The zero-order valence-corrected chi connectivity index (χ0v) is 13.0. The Balaban J connectivity index is 2.38. The molecule has 0 unspecified atom stereocenters. The Labute approximate surface area is 122 Å². The van der Waals surface area contributed by atoms with Gasteiger partial charge in [-0.2, -0.15) is 0 Å². The first-order chi connectivity index (χ1) is 9.56. The Kier molecular flexibility index (Phi) is 4.32. The summed E-state index contributed by atoms with van der Waals surface area (Å²) in [6.45, 7) is 9.89. The second-order valence-electron chi connectivity index (χ2n) is 5.87. The standard InChI is InChI=1S/C18H25NO/c1-5-19(6-2)17(20)18(13-16(18)12-14(3)4)15-10-8-7-9-11-15/h7-12,16H,5-6,13H2,1-4H3/t16-,18-/m1/s1. The largest absolute Gasteiger partial charge is 0.342 e. The molecule has 0 heterocycles. The fourth-order valence-electron chi connectivity index (χ4n) is 3.12. The van der Waals surface area contributed by atoms with Crippen molar-refractivity contribution >= 4 is 5.91 Å². The SMILES string of the molecule is CCN(CC)C(=O)[C@@]1(c2ccccc2)C[C@H]1C=C(C)C. The molecule has 1 aromatic carbocycles. The Bertz CT molecular complexity index is 497. The van der Waals surface area contributed by atoms with Gasteiger partial charge in [0.1, 0.15) is 0 Å². The molecule has 2 nitrogen and oxygen atoms in total. The normalized spacial score (nSPS) is 24.1. The van der Waals surface area contributed by atoms with E-state index in [1.54, 1.807) is 0 Å². The van der Waals surface area contributed by atoms with Crippen LogP contribution in [-0.4, -0.2) is 23.9 Å². The summed E-state index contributed by atoms with van der Waals surface area (Å²) >= 11 is 0. The number of hydrogen-bond donors (Lipinski definition) is 0. The number of nitrogens with zero attached hydrogens (tertiary/aromatic N) is 1. The minimum atomic E-state index is -0.315. The highest BCUT2D eigenvalue weighted by molar-refractivity contribution is 5.92. The molecule has 1 aliphatic carbocycles. The first-order valence-electron chi connectivity index (χ1n) is 7.56. The van der Waals surface area contributed by atoms with Gasteiger partial charge in [-0.25, -0.2) is 0 Å². The first kappa shape index (κ1) is 14.8. The van der Waals surface area contributed by atoms with E-state index in [1.165, 1.54) is 11.1 Å². The van der Waals surface area contributed by atoms with Crippen LogP contribution < -0.4 is 0 Å². The van der Waals surface area contributed by atoms with Crippen LogP contribution in [0.3, 0.4) is 0 Å². The molecule has 0 spiro atoms. The van der Waals surface area contributed by atoms with E-state index in [9.17, 15) is 4.79 Å². The second-order valence-corrected chi connectivity index (χ2v) is 5.87. The Morgan fingerprint density at radius 2 is 1.85 bits per heavy atom. The zero-order valence-electron chi connectivity index (χ0n) is 13.0. The summed E-state index contributed by atoms with van der Waals surface area (Å²) in [5.74, 6) is 0.638. The molecule has 20 heavy (non-hydrogen) atoms. The fourth-order valence-corrected chi connectivity index (χ4v) is 3.12. The smallest absolute Gasteiger partial charge is 0.233 e. The van der Waals surface area contributed by atoms with Gasteiger partial charge in [0.25, 0.3) is 0 Å². The van der Waals surface area contributed by atoms with E-state index >= 15 is 0 Å². The van der Waals surface area contributed by atoms with Crippen molar-refractivity contribution in [2.24, 2.45) is 5.92 Å². The molecule has 0 aromatic heterocycles. The number of benzene rings is 1. The summed E-state index contributed by atoms with van der Waals surface area (Å²) in [4.78, 5) is 14.9. The summed E-state index contributed by atoms with van der Waals surface area (Å²) in [5.41, 5.74) is 2.14. The molecule has 2 heteroatoms. The number of hydrogen-bond acceptors (Lipinski definition) is 1. The number of allylic oxidation sites excluding steroid dienone is 2. The van der Waals surface area contributed by atoms with Crippen molar-refractivity contribution in [1.29, 1.82) is 0 Å². The monoisotopic (exact) mass is 271 g/mol. The summed E-state index contributed by atoms with van der Waals surface area (Å²) in [6, 6.07) is 10.3. The van der Waals surface area contributed by atoms with Crippen LogP contribution in [0.15, 0.2) is 42.0 Å². The molecule has 108 valence electrons. The maximum Gasteiger partial charge on any atom is 0.233 e. The van der Waals surface area contributed by atoms with Gasteiger partial charge in [-0.05, 0) is 45.6 Å². The topological polar surface area (TPSA) is 20.3 Å². The lowest BCUT2D eigenvalue weighted by atomic mass is 9.91. The number of carbonyl (C=O) groups is 1. The van der Waals surface area contributed by atoms with Crippen LogP contribution in [0.5, 0.6) is 0 Å². The van der Waals surface area contributed by atoms with Crippen molar-refractivity contribution in [2.75, 3.05) is 13.1 Å². The Hall–Kier alpha value is -1.57. The number of likely N-dealkylation sites (N-methyl/N-ethyl adjacent to an activating group) is 1. The van der Waals surface area contributed by atoms with E-state index < -0.39 is 0 Å². The van der Waals surface area contributed by atoms with Crippen molar-refractivity contribution in [1.82, 2.24) is 4.90 Å². The third kappa shape index (κ3) is 2.52. The van der Waals surface area contributed by atoms with Crippen LogP contribution in [0.25, 0.3) is 0 Å². The molecule has 2 rings (SSSR count). The van der Waals surface area contributed by atoms with Gasteiger partial charge in [0.05, 0.1) is 5.41 Å². The molecule has 1 aromatic rings. The third-order valence-electron chi connectivity index (χ3n) is 4.27. The van der Waals surface area contributed by atoms with Gasteiger partial charge in [-0.15, -0.1) is 0 Å². The van der Waals surface area contributed by atoms with Gasteiger partial charge >= 0.3 is 0 Å². The van der Waals surface area contributed by atoms with Gasteiger partial charge in [0.15, 0.2) is 0 Å². The molecule has 0 bridgehead atoms. The van der Waals surface area contributed by atoms with E-state index in [0.717, 1.165) is 19.5 Å². The van der Waals surface area contributed by atoms with Gasteiger partial charge in [-0.3, -0.25) is 4.79 Å². The minimum Gasteiger partial charge on any atom is -0.342 e. The molecule has 1 saturated carbocycles. The van der Waals surface area contributed by atoms with Gasteiger partial charge in [0.2, 0.25) is 5.91 Å². The lowest BCUT2D eigenvalue weighted by molar-refractivity contribution is -0.133. The molecular formula is C18H25NO. The molecule has 1 aliphatic rings. The molecular weight excluding hydrogens is 246 g/mol. The minimum absolute atomic E-state index is 0.288. The maximum absolute atomic E-state index is 13.0. The lowest BCUT2D eigenvalue weighted by Gasteiger charge is -2.26. The van der Waals surface area contributed by atoms with Crippen molar-refractivity contribution < 1.29 is 4.79 Å². The first-order valence-corrected chi connectivity index (χ1v) is 7.56. The summed E-state index contributed by atoms with van der Waals surface area (Å²) < 4.78 is 0. The van der Waals surface area contributed by atoms with Crippen molar-refractivity contribution in [3.8, 4) is 0 Å². The molecule has 0 radical (unpaired) electrons. The van der Waals surface area contributed by atoms with Gasteiger partial charge in [-0.1, -0.05) is 42.0 Å². The lowest BCUT2D eigenvalue weighted by Crippen LogP contribution is -2.40. The zero-order chi connectivity index (χ0) is 14.8. The molecule has 1 amide bonds. The predicted octanol–water partition coefficient (Wildman–Crippen LogP) is 3.78. The van der Waals surface area contributed by atoms with E-state index in [2.05, 4.69) is 45.9 Å². The quantitative estimate of drug-likeness (QED) is 0.746. The van der Waals surface area contributed by atoms with Crippen molar-refractivity contribution in [3.63, 3.8) is 0 Å². The van der Waals surface area contributed by atoms with E-state index in [-0.39, 0.29) is 11.3 Å². The molecule has 2 atom stereocenters. The average molecular weight is 271 g/mol. The summed E-state index contributed by atoms with van der Waals surface area (Å²) in [7, 11) is 0. The number of amides is 1. The van der Waals surface area contributed by atoms with Crippen molar-refractivity contribution in [3.05, 3.63) is 47.5 Å². The van der Waals surface area contributed by atoms with Crippen LogP contribution in [0.4, 0.5) is 0 Å². The molecule has 0 N–H and O–H groups in total. The van der Waals surface area contributed by atoms with Crippen molar-refractivity contribution in [2.45, 2.75) is 39.5 Å². The van der Waals surface area contributed by atoms with E-state index in [0.29, 0.717) is 5.92 Å². The highest BCUT2D eigenvalue weighted by Gasteiger charge is 2.60. The average Bonchev–Trinajstić information content (AvgIpc) is 3.15. The van der Waals surface area contributed by atoms with E-state index in [1.807, 2.05) is 23.1 Å². The van der Waals surface area contributed by atoms with E-state index in [4.69, 9.17) is 0 Å². The number of carbonyl (C=O) groups excluding carboxylic acids is 1. The summed E-state index contributed by atoms with van der Waals surface area (Å²) in [6.07, 6.45) is 3.20. The second kappa shape index (κ2) is 5.82. The summed E-state index contributed by atoms with van der Waals surface area (Å²) in [5, 5.41) is 0.